The molecule has 0 unspecified atom stereocenters. The van der Waals surface area contributed by atoms with Crippen LogP contribution in [-0.2, 0) is 16.2 Å². The van der Waals surface area contributed by atoms with Crippen molar-refractivity contribution < 1.29 is 35.6 Å². The Balaban J connectivity index is 2.12. The van der Waals surface area contributed by atoms with Crippen molar-refractivity contribution in [1.29, 1.82) is 0 Å². The number of sulfonamides is 1. The quantitative estimate of drug-likeness (QED) is 0.484. The first-order valence-electron chi connectivity index (χ1n) is 8.47. The van der Waals surface area contributed by atoms with Crippen LogP contribution in [0.2, 0.25) is 5.02 Å². The molecule has 1 N–H and O–H groups in total. The van der Waals surface area contributed by atoms with E-state index < -0.39 is 22.0 Å². The van der Waals surface area contributed by atoms with Gasteiger partial charge in [0.25, 0.3) is 10.0 Å². The molecule has 0 saturated heterocycles. The lowest BCUT2D eigenvalue weighted by atomic mass is 10.1. The van der Waals surface area contributed by atoms with Gasteiger partial charge < -0.3 is 14.0 Å². The minimum Gasteiger partial charge on any atom is -0.495 e. The first-order valence-corrected chi connectivity index (χ1v) is 11.2. The van der Waals surface area contributed by atoms with Crippen LogP contribution in [0.15, 0.2) is 27.6 Å². The maximum Gasteiger partial charge on any atom is 0.452 e. The molecule has 0 aliphatic heterocycles. The van der Waals surface area contributed by atoms with Gasteiger partial charge in [-0.15, -0.1) is 11.3 Å². The number of nitrogens with zero attached hydrogens (tertiary/aromatic N) is 1. The predicted molar refractivity (Wildman–Crippen MR) is 110 cm³/mol. The van der Waals surface area contributed by atoms with Crippen molar-refractivity contribution in [1.82, 2.24) is 5.16 Å². The molecule has 0 spiro atoms. The number of benzene rings is 1. The molecule has 3 rings (SSSR count). The van der Waals surface area contributed by atoms with E-state index in [0.29, 0.717) is 15.8 Å². The minimum atomic E-state index is -4.76. The largest absolute Gasteiger partial charge is 0.495 e. The summed E-state index contributed by atoms with van der Waals surface area (Å²) in [5.74, 6) is -0.922. The number of rotatable bonds is 6. The Morgan fingerprint density at radius 3 is 2.29 bits per heavy atom. The van der Waals surface area contributed by atoms with E-state index in [0.717, 1.165) is 11.3 Å². The summed E-state index contributed by atoms with van der Waals surface area (Å²) >= 11 is 7.20. The van der Waals surface area contributed by atoms with Crippen LogP contribution >= 0.6 is 22.9 Å². The third-order valence-electron chi connectivity index (χ3n) is 4.24. The van der Waals surface area contributed by atoms with E-state index in [2.05, 4.69) is 14.4 Å². The normalized spacial score (nSPS) is 12.1. The van der Waals surface area contributed by atoms with Gasteiger partial charge in [0.2, 0.25) is 5.76 Å². The highest BCUT2D eigenvalue weighted by Gasteiger charge is 2.37. The van der Waals surface area contributed by atoms with E-state index in [1.807, 2.05) is 0 Å². The molecule has 1 aromatic carbocycles. The molecule has 0 aliphatic carbocycles. The highest BCUT2D eigenvalue weighted by molar-refractivity contribution is 7.93. The number of ether oxygens (including phenoxy) is 2. The monoisotopic (exact) mass is 496 g/mol. The van der Waals surface area contributed by atoms with Gasteiger partial charge in [-0.3, -0.25) is 4.72 Å². The van der Waals surface area contributed by atoms with Crippen molar-refractivity contribution >= 4 is 38.6 Å². The lowest BCUT2D eigenvalue weighted by molar-refractivity contribution is -0.155. The Morgan fingerprint density at radius 1 is 1.10 bits per heavy atom. The third kappa shape index (κ3) is 4.46. The highest BCUT2D eigenvalue weighted by Crippen LogP contribution is 2.42. The van der Waals surface area contributed by atoms with Gasteiger partial charge in [0.05, 0.1) is 24.9 Å². The standard InChI is InChI=1S/C18H16ClF3N2O5S2/c1-8-16(12-6-15(29-23-12)18(20,21)22)17(9(2)30-8)31(25,26)24-11-5-10(19)13(27-3)7-14(11)28-4/h5-7,24H,1-4H3. The van der Waals surface area contributed by atoms with Gasteiger partial charge in [0, 0.05) is 27.5 Å². The van der Waals surface area contributed by atoms with Crippen LogP contribution < -0.4 is 14.2 Å². The number of halogens is 4. The summed E-state index contributed by atoms with van der Waals surface area (Å²) in [6.07, 6.45) is -4.76. The van der Waals surface area contributed by atoms with Crippen LogP contribution in [0.1, 0.15) is 15.5 Å². The van der Waals surface area contributed by atoms with Gasteiger partial charge in [0.15, 0.2) is 0 Å². The maximum absolute atomic E-state index is 13.3. The molecule has 0 aliphatic rings. The van der Waals surface area contributed by atoms with Crippen molar-refractivity contribution in [2.75, 3.05) is 18.9 Å². The van der Waals surface area contributed by atoms with Gasteiger partial charge in [-0.1, -0.05) is 16.8 Å². The van der Waals surface area contributed by atoms with Gasteiger partial charge in [0.1, 0.15) is 22.1 Å². The second kappa shape index (κ2) is 8.24. The second-order valence-electron chi connectivity index (χ2n) is 6.29. The van der Waals surface area contributed by atoms with E-state index >= 15 is 0 Å². The summed E-state index contributed by atoms with van der Waals surface area (Å²) in [5, 5.41) is 3.57. The zero-order valence-corrected chi connectivity index (χ0v) is 18.9. The fourth-order valence-corrected chi connectivity index (χ4v) is 6.12. The molecule has 3 aromatic rings. The maximum atomic E-state index is 13.3. The van der Waals surface area contributed by atoms with E-state index in [1.54, 1.807) is 13.8 Å². The van der Waals surface area contributed by atoms with Crippen molar-refractivity contribution in [2.45, 2.75) is 24.9 Å². The number of hydrogen-bond acceptors (Lipinski definition) is 7. The summed E-state index contributed by atoms with van der Waals surface area (Å²) in [6, 6.07) is 3.38. The third-order valence-corrected chi connectivity index (χ3v) is 7.22. The molecule has 0 atom stereocenters. The number of alkyl halides is 3. The number of methoxy groups -OCH3 is 2. The summed E-state index contributed by atoms with van der Waals surface area (Å²) in [7, 11) is -1.56. The zero-order valence-electron chi connectivity index (χ0n) is 16.5. The Kier molecular flexibility index (Phi) is 6.18. The average Bonchev–Trinajstić information content (AvgIpc) is 3.25. The summed E-state index contributed by atoms with van der Waals surface area (Å²) in [5.41, 5.74) is -0.194. The number of aryl methyl sites for hydroxylation is 2. The van der Waals surface area contributed by atoms with E-state index in [4.69, 9.17) is 21.1 Å². The molecule has 0 saturated carbocycles. The molecular weight excluding hydrogens is 481 g/mol. The van der Waals surface area contributed by atoms with Gasteiger partial charge in [-0.05, 0) is 19.9 Å². The number of thiophene rings is 1. The van der Waals surface area contributed by atoms with E-state index in [1.165, 1.54) is 26.4 Å². The van der Waals surface area contributed by atoms with Crippen molar-refractivity contribution in [2.24, 2.45) is 0 Å². The van der Waals surface area contributed by atoms with Gasteiger partial charge in [-0.2, -0.15) is 13.2 Å². The Morgan fingerprint density at radius 2 is 1.74 bits per heavy atom. The molecule has 168 valence electrons. The van der Waals surface area contributed by atoms with Crippen LogP contribution in [0.3, 0.4) is 0 Å². The molecule has 0 bridgehead atoms. The highest BCUT2D eigenvalue weighted by atomic mass is 35.5. The van der Waals surface area contributed by atoms with Crippen LogP contribution in [0.25, 0.3) is 11.3 Å². The minimum absolute atomic E-state index is 0.0211. The first-order chi connectivity index (χ1) is 14.4. The van der Waals surface area contributed by atoms with Crippen molar-refractivity contribution in [3.05, 3.63) is 38.7 Å². The lowest BCUT2D eigenvalue weighted by Gasteiger charge is -2.15. The Labute approximate surface area is 184 Å². The Hall–Kier alpha value is -2.44. The first kappa shape index (κ1) is 23.2. The van der Waals surface area contributed by atoms with Crippen LogP contribution in [0.5, 0.6) is 11.5 Å². The van der Waals surface area contributed by atoms with E-state index in [-0.39, 0.29) is 38.4 Å². The second-order valence-corrected chi connectivity index (χ2v) is 9.74. The lowest BCUT2D eigenvalue weighted by Crippen LogP contribution is -2.15. The average molecular weight is 497 g/mol. The predicted octanol–water partition coefficient (Wildman–Crippen LogP) is 5.51. The van der Waals surface area contributed by atoms with Crippen LogP contribution in [-0.4, -0.2) is 27.8 Å². The molecule has 0 amide bonds. The van der Waals surface area contributed by atoms with Gasteiger partial charge >= 0.3 is 6.18 Å². The zero-order chi connectivity index (χ0) is 23.1. The summed E-state index contributed by atoms with van der Waals surface area (Å²) in [6.45, 7) is 3.12. The van der Waals surface area contributed by atoms with Crippen molar-refractivity contribution in [3.8, 4) is 22.8 Å². The molecule has 2 aromatic heterocycles. The molecule has 7 nitrogen and oxygen atoms in total. The molecule has 0 fully saturated rings. The molecule has 13 heteroatoms. The summed E-state index contributed by atoms with van der Waals surface area (Å²) < 4.78 is 82.3. The van der Waals surface area contributed by atoms with Crippen LogP contribution in [0.4, 0.5) is 18.9 Å². The molecule has 31 heavy (non-hydrogen) atoms. The topological polar surface area (TPSA) is 90.7 Å². The molecule has 0 radical (unpaired) electrons. The fraction of sp³-hybridized carbons (Fsp3) is 0.278. The SMILES string of the molecule is COc1cc(OC)c(NS(=O)(=O)c2c(C)sc(C)c2-c2cc(C(F)(F)F)on2)cc1Cl. The Bertz CT molecular complexity index is 1240. The summed E-state index contributed by atoms with van der Waals surface area (Å²) in [4.78, 5) is 0.598. The number of nitrogens with one attached hydrogen (secondary N) is 1. The molecular formula is C18H16ClF3N2O5S2. The van der Waals surface area contributed by atoms with Gasteiger partial charge in [-0.25, -0.2) is 8.42 Å². The number of anilines is 1. The van der Waals surface area contributed by atoms with Crippen LogP contribution in [0, 0.1) is 13.8 Å². The molecule has 2 heterocycles. The van der Waals surface area contributed by atoms with E-state index in [9.17, 15) is 21.6 Å². The fourth-order valence-electron chi connectivity index (χ4n) is 2.95. The smallest absolute Gasteiger partial charge is 0.452 e. The van der Waals surface area contributed by atoms with Crippen molar-refractivity contribution in [3.63, 3.8) is 0 Å². The number of aromatic nitrogens is 1. The number of hydrogen-bond donors (Lipinski definition) is 1.